The van der Waals surface area contributed by atoms with Gasteiger partial charge in [0.25, 0.3) is 0 Å². The maximum absolute atomic E-state index is 13.2. The van der Waals surface area contributed by atoms with Crippen LogP contribution in [0.3, 0.4) is 0 Å². The molecule has 0 aliphatic rings. The molecule has 0 saturated heterocycles. The zero-order valence-corrected chi connectivity index (χ0v) is 9.13. The molecule has 0 fully saturated rings. The van der Waals surface area contributed by atoms with E-state index in [0.717, 1.165) is 11.1 Å². The quantitative estimate of drug-likeness (QED) is 0.641. The molecular formula is C12H9FN4. The van der Waals surface area contributed by atoms with Crippen molar-refractivity contribution in [1.29, 1.82) is 0 Å². The summed E-state index contributed by atoms with van der Waals surface area (Å²) >= 11 is 0. The van der Waals surface area contributed by atoms with Gasteiger partial charge in [-0.1, -0.05) is 12.1 Å². The van der Waals surface area contributed by atoms with Gasteiger partial charge in [0.2, 0.25) is 0 Å². The molecule has 0 radical (unpaired) electrons. The number of hydrogen-bond donors (Lipinski definition) is 0. The van der Waals surface area contributed by atoms with E-state index in [0.29, 0.717) is 11.5 Å². The maximum atomic E-state index is 13.2. The van der Waals surface area contributed by atoms with E-state index in [1.807, 2.05) is 13.0 Å². The number of fused-ring (bicyclic) bond motifs is 1. The minimum absolute atomic E-state index is 0.277. The Hall–Kier alpha value is -2.30. The first-order valence-electron chi connectivity index (χ1n) is 5.17. The van der Waals surface area contributed by atoms with Gasteiger partial charge >= 0.3 is 0 Å². The van der Waals surface area contributed by atoms with Crippen LogP contribution in [0.5, 0.6) is 0 Å². The molecule has 4 nitrogen and oxygen atoms in total. The fourth-order valence-corrected chi connectivity index (χ4v) is 1.78. The Labute approximate surface area is 96.8 Å². The van der Waals surface area contributed by atoms with Gasteiger partial charge < -0.3 is 0 Å². The highest BCUT2D eigenvalue weighted by atomic mass is 19.1. The van der Waals surface area contributed by atoms with Gasteiger partial charge in [0.1, 0.15) is 18.0 Å². The second-order valence-electron chi connectivity index (χ2n) is 3.74. The van der Waals surface area contributed by atoms with E-state index >= 15 is 0 Å². The first-order chi connectivity index (χ1) is 8.24. The minimum atomic E-state index is -0.277. The standard InChI is InChI=1S/C12H9FN4/c1-8-15-12-11(6-14-7-17(12)16-8)9-3-2-4-10(13)5-9/h2-7H,1H3. The van der Waals surface area contributed by atoms with E-state index in [4.69, 9.17) is 0 Å². The number of hydrogen-bond acceptors (Lipinski definition) is 3. The molecule has 2 aromatic heterocycles. The van der Waals surface area contributed by atoms with Crippen LogP contribution in [-0.4, -0.2) is 19.6 Å². The van der Waals surface area contributed by atoms with Crippen molar-refractivity contribution >= 4 is 5.65 Å². The number of nitrogens with zero attached hydrogens (tertiary/aromatic N) is 4. The van der Waals surface area contributed by atoms with Crippen molar-refractivity contribution in [3.63, 3.8) is 0 Å². The zero-order chi connectivity index (χ0) is 11.8. The summed E-state index contributed by atoms with van der Waals surface area (Å²) < 4.78 is 14.8. The average molecular weight is 228 g/mol. The third-order valence-corrected chi connectivity index (χ3v) is 2.49. The second-order valence-corrected chi connectivity index (χ2v) is 3.74. The lowest BCUT2D eigenvalue weighted by atomic mass is 10.1. The van der Waals surface area contributed by atoms with Gasteiger partial charge in [-0.25, -0.2) is 18.9 Å². The largest absolute Gasteiger partial charge is 0.244 e. The highest BCUT2D eigenvalue weighted by Gasteiger charge is 2.08. The van der Waals surface area contributed by atoms with Crippen LogP contribution in [0.1, 0.15) is 5.82 Å². The fraction of sp³-hybridized carbons (Fsp3) is 0.0833. The summed E-state index contributed by atoms with van der Waals surface area (Å²) in [6.45, 7) is 1.81. The summed E-state index contributed by atoms with van der Waals surface area (Å²) in [4.78, 5) is 8.38. The van der Waals surface area contributed by atoms with Crippen LogP contribution in [-0.2, 0) is 0 Å². The maximum Gasteiger partial charge on any atom is 0.166 e. The van der Waals surface area contributed by atoms with Crippen molar-refractivity contribution in [1.82, 2.24) is 19.6 Å². The topological polar surface area (TPSA) is 43.1 Å². The Morgan fingerprint density at radius 3 is 3.00 bits per heavy atom. The monoisotopic (exact) mass is 228 g/mol. The lowest BCUT2D eigenvalue weighted by Crippen LogP contribution is -1.92. The van der Waals surface area contributed by atoms with Gasteiger partial charge in [-0.15, -0.1) is 0 Å². The van der Waals surface area contributed by atoms with E-state index in [1.165, 1.54) is 12.1 Å². The lowest BCUT2D eigenvalue weighted by molar-refractivity contribution is 0.628. The van der Waals surface area contributed by atoms with Crippen LogP contribution in [0.25, 0.3) is 16.8 Å². The Bertz CT molecular complexity index is 690. The van der Waals surface area contributed by atoms with E-state index < -0.39 is 0 Å². The van der Waals surface area contributed by atoms with Gasteiger partial charge in [-0.3, -0.25) is 0 Å². The molecule has 3 aromatic rings. The predicted octanol–water partition coefficient (Wildman–Crippen LogP) is 2.24. The summed E-state index contributed by atoms with van der Waals surface area (Å²) in [5.41, 5.74) is 2.20. The molecular weight excluding hydrogens is 219 g/mol. The van der Waals surface area contributed by atoms with Crippen LogP contribution in [0.4, 0.5) is 4.39 Å². The summed E-state index contributed by atoms with van der Waals surface area (Å²) in [6, 6.07) is 6.36. The highest BCUT2D eigenvalue weighted by Crippen LogP contribution is 2.22. The van der Waals surface area contributed by atoms with Crippen LogP contribution < -0.4 is 0 Å². The first-order valence-corrected chi connectivity index (χ1v) is 5.17. The minimum Gasteiger partial charge on any atom is -0.244 e. The van der Waals surface area contributed by atoms with Gasteiger partial charge in [0.15, 0.2) is 5.65 Å². The molecule has 0 amide bonds. The first kappa shape index (κ1) is 9.89. The van der Waals surface area contributed by atoms with Gasteiger partial charge in [0, 0.05) is 11.8 Å². The van der Waals surface area contributed by atoms with Gasteiger partial charge in [0.05, 0.1) is 0 Å². The normalized spacial score (nSPS) is 10.9. The smallest absolute Gasteiger partial charge is 0.166 e. The summed E-state index contributed by atoms with van der Waals surface area (Å²) in [5, 5.41) is 4.17. The van der Waals surface area contributed by atoms with Crippen molar-refractivity contribution in [3.05, 3.63) is 48.4 Å². The molecule has 0 spiro atoms. The lowest BCUT2D eigenvalue weighted by Gasteiger charge is -2.01. The SMILES string of the molecule is Cc1nc2c(-c3cccc(F)c3)cncn2n1. The second kappa shape index (κ2) is 3.62. The Morgan fingerprint density at radius 1 is 1.29 bits per heavy atom. The molecule has 17 heavy (non-hydrogen) atoms. The number of aromatic nitrogens is 4. The number of rotatable bonds is 1. The molecule has 0 aliphatic heterocycles. The van der Waals surface area contributed by atoms with Crippen molar-refractivity contribution in [2.24, 2.45) is 0 Å². The molecule has 84 valence electrons. The van der Waals surface area contributed by atoms with E-state index in [1.54, 1.807) is 23.1 Å². The van der Waals surface area contributed by atoms with Crippen molar-refractivity contribution in [2.45, 2.75) is 6.92 Å². The summed E-state index contributed by atoms with van der Waals surface area (Å²) in [6.07, 6.45) is 3.25. The van der Waals surface area contributed by atoms with E-state index in [2.05, 4.69) is 15.1 Å². The van der Waals surface area contributed by atoms with Crippen LogP contribution >= 0.6 is 0 Å². The molecule has 0 saturated carbocycles. The van der Waals surface area contributed by atoms with Gasteiger partial charge in [-0.05, 0) is 24.6 Å². The molecule has 0 bridgehead atoms. The molecule has 0 N–H and O–H groups in total. The van der Waals surface area contributed by atoms with Crippen LogP contribution in [0, 0.1) is 12.7 Å². The van der Waals surface area contributed by atoms with Crippen LogP contribution in [0.15, 0.2) is 36.8 Å². The Kier molecular flexibility index (Phi) is 2.11. The molecule has 5 heteroatoms. The molecule has 2 heterocycles. The molecule has 0 aliphatic carbocycles. The van der Waals surface area contributed by atoms with E-state index in [9.17, 15) is 4.39 Å². The summed E-state index contributed by atoms with van der Waals surface area (Å²) in [5.74, 6) is 0.386. The highest BCUT2D eigenvalue weighted by molar-refractivity contribution is 5.76. The summed E-state index contributed by atoms with van der Waals surface area (Å²) in [7, 11) is 0. The Balaban J connectivity index is 2.30. The Morgan fingerprint density at radius 2 is 2.18 bits per heavy atom. The zero-order valence-electron chi connectivity index (χ0n) is 9.13. The van der Waals surface area contributed by atoms with E-state index in [-0.39, 0.29) is 5.82 Å². The fourth-order valence-electron chi connectivity index (χ4n) is 1.78. The average Bonchev–Trinajstić information content (AvgIpc) is 2.68. The molecule has 3 rings (SSSR count). The van der Waals surface area contributed by atoms with Gasteiger partial charge in [-0.2, -0.15) is 5.10 Å². The number of benzene rings is 1. The third-order valence-electron chi connectivity index (χ3n) is 2.49. The van der Waals surface area contributed by atoms with Crippen molar-refractivity contribution in [2.75, 3.05) is 0 Å². The third kappa shape index (κ3) is 1.65. The van der Waals surface area contributed by atoms with Crippen molar-refractivity contribution in [3.8, 4) is 11.1 Å². The number of halogens is 1. The van der Waals surface area contributed by atoms with Crippen molar-refractivity contribution < 1.29 is 4.39 Å². The predicted molar refractivity (Wildman–Crippen MR) is 60.9 cm³/mol. The number of aryl methyl sites for hydroxylation is 1. The molecule has 0 atom stereocenters. The van der Waals surface area contributed by atoms with Crippen LogP contribution in [0.2, 0.25) is 0 Å². The molecule has 0 unspecified atom stereocenters. The molecule has 1 aromatic carbocycles.